The van der Waals surface area contributed by atoms with Crippen molar-refractivity contribution in [2.45, 2.75) is 24.9 Å². The average Bonchev–Trinajstić information content (AvgIpc) is 3.29. The van der Waals surface area contributed by atoms with Crippen LogP contribution >= 0.6 is 0 Å². The molecular formula is C20H26F2N6O3. The Labute approximate surface area is 178 Å². The molecule has 2 fully saturated rings. The molecule has 4 rings (SSSR count). The molecule has 31 heavy (non-hydrogen) atoms. The molecule has 9 nitrogen and oxygen atoms in total. The molecule has 0 N–H and O–H groups in total. The third-order valence-corrected chi connectivity index (χ3v) is 6.00. The molecule has 1 aromatic carbocycles. The summed E-state index contributed by atoms with van der Waals surface area (Å²) in [4.78, 5) is 17.1. The average molecular weight is 436 g/mol. The highest BCUT2D eigenvalue weighted by molar-refractivity contribution is 5.94. The van der Waals surface area contributed by atoms with Crippen LogP contribution in [0.2, 0.25) is 0 Å². The lowest BCUT2D eigenvalue weighted by Gasteiger charge is -2.49. The van der Waals surface area contributed by atoms with Gasteiger partial charge in [-0.05, 0) is 41.5 Å². The highest BCUT2D eigenvalue weighted by Crippen LogP contribution is 2.37. The van der Waals surface area contributed by atoms with E-state index in [0.29, 0.717) is 58.4 Å². The van der Waals surface area contributed by atoms with Crippen molar-refractivity contribution in [3.8, 4) is 0 Å². The maximum absolute atomic E-state index is 13.7. The van der Waals surface area contributed by atoms with Gasteiger partial charge in [0.05, 0.1) is 26.4 Å². The summed E-state index contributed by atoms with van der Waals surface area (Å²) in [5, 5.41) is 12.4. The fraction of sp³-hybridized carbons (Fsp3) is 0.600. The van der Waals surface area contributed by atoms with E-state index >= 15 is 0 Å². The van der Waals surface area contributed by atoms with Crippen LogP contribution in [0.25, 0.3) is 0 Å². The van der Waals surface area contributed by atoms with E-state index in [2.05, 4.69) is 20.4 Å². The van der Waals surface area contributed by atoms with Crippen molar-refractivity contribution in [2.75, 3.05) is 53.1 Å². The predicted octanol–water partition coefficient (Wildman–Crippen LogP) is 1.06. The van der Waals surface area contributed by atoms with E-state index in [1.54, 1.807) is 16.7 Å². The van der Waals surface area contributed by atoms with Crippen molar-refractivity contribution >= 4 is 5.91 Å². The zero-order valence-corrected chi connectivity index (χ0v) is 17.5. The summed E-state index contributed by atoms with van der Waals surface area (Å²) in [7, 11) is 1.62. The minimum atomic E-state index is -1.04. The Hall–Kier alpha value is -2.50. The SMILES string of the molecule is COCCn1nnnc1C1(N2CCOCC2)CCCN(C(=O)c2ccc(F)c(F)c2)C1. The molecule has 2 aliphatic heterocycles. The summed E-state index contributed by atoms with van der Waals surface area (Å²) in [6.45, 7) is 4.34. The lowest BCUT2D eigenvalue weighted by molar-refractivity contribution is -0.0573. The summed E-state index contributed by atoms with van der Waals surface area (Å²) >= 11 is 0. The number of nitrogens with zero attached hydrogens (tertiary/aromatic N) is 6. The molecule has 3 heterocycles. The number of hydrogen-bond acceptors (Lipinski definition) is 7. The molecule has 1 amide bonds. The van der Waals surface area contributed by atoms with E-state index in [1.807, 2.05) is 0 Å². The number of carbonyl (C=O) groups is 1. The normalized spacial score (nSPS) is 22.6. The van der Waals surface area contributed by atoms with Crippen molar-refractivity contribution in [3.63, 3.8) is 0 Å². The summed E-state index contributed by atoms with van der Waals surface area (Å²) in [6.07, 6.45) is 1.49. The van der Waals surface area contributed by atoms with Crippen molar-refractivity contribution in [3.05, 3.63) is 41.2 Å². The van der Waals surface area contributed by atoms with Crippen LogP contribution in [-0.2, 0) is 21.6 Å². The third-order valence-electron chi connectivity index (χ3n) is 6.00. The van der Waals surface area contributed by atoms with Gasteiger partial charge in [-0.15, -0.1) is 5.10 Å². The molecule has 2 saturated heterocycles. The Morgan fingerprint density at radius 1 is 1.23 bits per heavy atom. The zero-order valence-electron chi connectivity index (χ0n) is 17.5. The maximum Gasteiger partial charge on any atom is 0.254 e. The highest BCUT2D eigenvalue weighted by atomic mass is 19.2. The second-order valence-electron chi connectivity index (χ2n) is 7.81. The van der Waals surface area contributed by atoms with Gasteiger partial charge in [0.25, 0.3) is 5.91 Å². The Bertz CT molecular complexity index is 920. The first-order valence-electron chi connectivity index (χ1n) is 10.4. The number of methoxy groups -OCH3 is 1. The molecule has 0 spiro atoms. The van der Waals surface area contributed by atoms with Crippen LogP contribution in [0.1, 0.15) is 29.0 Å². The second-order valence-corrected chi connectivity index (χ2v) is 7.81. The number of hydrogen-bond donors (Lipinski definition) is 0. The predicted molar refractivity (Wildman–Crippen MR) is 105 cm³/mol. The van der Waals surface area contributed by atoms with Gasteiger partial charge < -0.3 is 14.4 Å². The van der Waals surface area contributed by atoms with E-state index in [4.69, 9.17) is 9.47 Å². The quantitative estimate of drug-likeness (QED) is 0.669. The molecule has 11 heteroatoms. The molecule has 0 saturated carbocycles. The van der Waals surface area contributed by atoms with Crippen molar-refractivity contribution < 1.29 is 23.0 Å². The van der Waals surface area contributed by atoms with Gasteiger partial charge >= 0.3 is 0 Å². The third kappa shape index (κ3) is 4.30. The number of benzene rings is 1. The smallest absolute Gasteiger partial charge is 0.254 e. The number of rotatable bonds is 6. The van der Waals surface area contributed by atoms with E-state index < -0.39 is 17.2 Å². The molecule has 0 bridgehead atoms. The fourth-order valence-electron chi connectivity index (χ4n) is 4.46. The van der Waals surface area contributed by atoms with Crippen LogP contribution in [0, 0.1) is 11.6 Å². The lowest BCUT2D eigenvalue weighted by atomic mass is 9.85. The first kappa shape index (κ1) is 21.7. The molecule has 0 aliphatic carbocycles. The van der Waals surface area contributed by atoms with Crippen LogP contribution in [0.15, 0.2) is 18.2 Å². The molecule has 0 radical (unpaired) electrons. The molecule has 1 unspecified atom stereocenters. The zero-order chi connectivity index (χ0) is 21.8. The number of aromatic nitrogens is 4. The largest absolute Gasteiger partial charge is 0.383 e. The van der Waals surface area contributed by atoms with Crippen molar-refractivity contribution in [1.82, 2.24) is 30.0 Å². The van der Waals surface area contributed by atoms with E-state index in [9.17, 15) is 13.6 Å². The minimum Gasteiger partial charge on any atom is -0.383 e. The number of piperidine rings is 1. The Morgan fingerprint density at radius 3 is 2.77 bits per heavy atom. The lowest BCUT2D eigenvalue weighted by Crippen LogP contribution is -2.61. The van der Waals surface area contributed by atoms with Gasteiger partial charge in [0.1, 0.15) is 5.54 Å². The van der Waals surface area contributed by atoms with E-state index in [-0.39, 0.29) is 11.5 Å². The van der Waals surface area contributed by atoms with Crippen LogP contribution in [0.5, 0.6) is 0 Å². The summed E-state index contributed by atoms with van der Waals surface area (Å²) in [5.41, 5.74) is -0.483. The van der Waals surface area contributed by atoms with Gasteiger partial charge in [-0.2, -0.15) is 0 Å². The van der Waals surface area contributed by atoms with Crippen molar-refractivity contribution in [2.24, 2.45) is 0 Å². The monoisotopic (exact) mass is 436 g/mol. The Morgan fingerprint density at radius 2 is 2.03 bits per heavy atom. The van der Waals surface area contributed by atoms with Gasteiger partial charge in [0.2, 0.25) is 0 Å². The first-order valence-corrected chi connectivity index (χ1v) is 10.4. The maximum atomic E-state index is 13.7. The van der Waals surface area contributed by atoms with E-state index in [0.717, 1.165) is 25.0 Å². The Kier molecular flexibility index (Phi) is 6.54. The van der Waals surface area contributed by atoms with Gasteiger partial charge in [0, 0.05) is 38.9 Å². The summed E-state index contributed by atoms with van der Waals surface area (Å²) in [6, 6.07) is 3.24. The minimum absolute atomic E-state index is 0.121. The number of morpholine rings is 1. The molecule has 2 aromatic rings. The highest BCUT2D eigenvalue weighted by Gasteiger charge is 2.47. The van der Waals surface area contributed by atoms with Gasteiger partial charge in [-0.25, -0.2) is 13.5 Å². The number of likely N-dealkylation sites (tertiary alicyclic amines) is 1. The molecule has 2 aliphatic rings. The second kappa shape index (κ2) is 9.33. The summed E-state index contributed by atoms with van der Waals surface area (Å²) in [5.74, 6) is -1.68. The molecule has 1 atom stereocenters. The topological polar surface area (TPSA) is 85.6 Å². The fourth-order valence-corrected chi connectivity index (χ4v) is 4.46. The van der Waals surface area contributed by atoms with Gasteiger partial charge in [0.15, 0.2) is 17.5 Å². The molecule has 1 aromatic heterocycles. The van der Waals surface area contributed by atoms with Crippen LogP contribution in [0.4, 0.5) is 8.78 Å². The van der Waals surface area contributed by atoms with Crippen LogP contribution in [0.3, 0.4) is 0 Å². The van der Waals surface area contributed by atoms with Gasteiger partial charge in [-0.3, -0.25) is 9.69 Å². The van der Waals surface area contributed by atoms with Crippen molar-refractivity contribution in [1.29, 1.82) is 0 Å². The first-order chi connectivity index (χ1) is 15.0. The number of tetrazole rings is 1. The standard InChI is InChI=1S/C20H26F2N6O3/c1-30-10-9-28-19(23-24-25-28)20(27-7-11-31-12-8-27)5-2-6-26(14-20)18(29)15-3-4-16(21)17(22)13-15/h3-4,13H,2,5-12,14H2,1H3. The Balaban J connectivity index is 1.67. The van der Waals surface area contributed by atoms with Crippen LogP contribution < -0.4 is 0 Å². The van der Waals surface area contributed by atoms with Gasteiger partial charge in [-0.1, -0.05) is 0 Å². The summed E-state index contributed by atoms with van der Waals surface area (Å²) < 4.78 is 39.5. The number of carbonyl (C=O) groups excluding carboxylic acids is 1. The number of amides is 1. The molecule has 168 valence electrons. The molecular weight excluding hydrogens is 410 g/mol. The number of ether oxygens (including phenoxy) is 2. The van der Waals surface area contributed by atoms with Crippen LogP contribution in [-0.4, -0.2) is 89.0 Å². The number of halogens is 2. The van der Waals surface area contributed by atoms with E-state index in [1.165, 1.54) is 6.07 Å².